The summed E-state index contributed by atoms with van der Waals surface area (Å²) in [6.07, 6.45) is 1.54. The molecular weight excluding hydrogens is 372 g/mol. The number of nitrogens with one attached hydrogen (secondary N) is 1. The van der Waals surface area contributed by atoms with Gasteiger partial charge in [0.2, 0.25) is 0 Å². The molecule has 1 fully saturated rings. The fourth-order valence-electron chi connectivity index (χ4n) is 3.42. The normalized spacial score (nSPS) is 14.9. The third kappa shape index (κ3) is 4.06. The highest BCUT2D eigenvalue weighted by Crippen LogP contribution is 2.23. The van der Waals surface area contributed by atoms with Crippen molar-refractivity contribution in [2.24, 2.45) is 0 Å². The monoisotopic (exact) mass is 394 g/mol. The van der Waals surface area contributed by atoms with Crippen LogP contribution < -0.4 is 0 Å². The summed E-state index contributed by atoms with van der Waals surface area (Å²) in [5.41, 5.74) is 3.56. The lowest BCUT2D eigenvalue weighted by Crippen LogP contribution is -2.49. The Morgan fingerprint density at radius 2 is 1.93 bits per heavy atom. The van der Waals surface area contributed by atoms with Gasteiger partial charge in [-0.3, -0.25) is 9.69 Å². The molecule has 3 aromatic rings. The minimum absolute atomic E-state index is 0.155. The molecule has 0 aliphatic carbocycles. The highest BCUT2D eigenvalue weighted by molar-refractivity contribution is 5.92. The van der Waals surface area contributed by atoms with E-state index in [-0.39, 0.29) is 11.8 Å². The van der Waals surface area contributed by atoms with E-state index in [1.807, 2.05) is 6.92 Å². The van der Waals surface area contributed by atoms with Crippen LogP contribution in [0.4, 0.5) is 4.79 Å². The van der Waals surface area contributed by atoms with Gasteiger partial charge in [0.25, 0.3) is 0 Å². The zero-order valence-electron chi connectivity index (χ0n) is 16.4. The first-order chi connectivity index (χ1) is 14.0. The molecule has 1 aromatic carbocycles. The summed E-state index contributed by atoms with van der Waals surface area (Å²) in [5, 5.41) is 18.3. The minimum atomic E-state index is -0.207. The number of nitrogens with zero attached hydrogens (tertiary/aromatic N) is 7. The van der Waals surface area contributed by atoms with Gasteiger partial charge >= 0.3 is 6.03 Å². The lowest BCUT2D eigenvalue weighted by atomic mass is 10.0. The van der Waals surface area contributed by atoms with Crippen LogP contribution in [-0.2, 0) is 6.54 Å². The van der Waals surface area contributed by atoms with E-state index in [2.05, 4.69) is 48.8 Å². The fraction of sp³-hybridized carbons (Fsp3) is 0.368. The molecule has 0 radical (unpaired) electrons. The Morgan fingerprint density at radius 1 is 1.14 bits per heavy atom. The summed E-state index contributed by atoms with van der Waals surface area (Å²) >= 11 is 0. The molecule has 10 nitrogen and oxygen atoms in total. The van der Waals surface area contributed by atoms with Gasteiger partial charge < -0.3 is 4.90 Å². The number of benzene rings is 1. The predicted octanol–water partition coefficient (Wildman–Crippen LogP) is 1.36. The molecule has 0 saturated carbocycles. The molecule has 1 amide bonds. The summed E-state index contributed by atoms with van der Waals surface area (Å²) in [6.45, 7) is 6.90. The van der Waals surface area contributed by atoms with E-state index >= 15 is 0 Å². The molecule has 0 spiro atoms. The Labute approximate surface area is 167 Å². The zero-order valence-corrected chi connectivity index (χ0v) is 16.4. The van der Waals surface area contributed by atoms with Crippen molar-refractivity contribution in [3.63, 3.8) is 0 Å². The second-order valence-corrected chi connectivity index (χ2v) is 7.16. The van der Waals surface area contributed by atoms with Crippen LogP contribution in [0, 0.1) is 6.92 Å². The third-order valence-electron chi connectivity index (χ3n) is 5.05. The average Bonchev–Trinajstić information content (AvgIpc) is 3.42. The van der Waals surface area contributed by atoms with Gasteiger partial charge in [-0.1, -0.05) is 17.7 Å². The summed E-state index contributed by atoms with van der Waals surface area (Å²) in [5.74, 6) is 0.495. The lowest BCUT2D eigenvalue weighted by Gasteiger charge is -2.34. The molecule has 150 valence electrons. The van der Waals surface area contributed by atoms with Gasteiger partial charge in [0.05, 0.1) is 0 Å². The van der Waals surface area contributed by atoms with E-state index in [1.54, 1.807) is 11.0 Å². The smallest absolute Gasteiger partial charge is 0.320 e. The highest BCUT2D eigenvalue weighted by Gasteiger charge is 2.24. The summed E-state index contributed by atoms with van der Waals surface area (Å²) in [6, 6.07) is 7.60. The summed E-state index contributed by atoms with van der Waals surface area (Å²) < 4.78 is 1.24. The topological polar surface area (TPSA) is 113 Å². The number of hydrogen-bond acceptors (Lipinski definition) is 7. The summed E-state index contributed by atoms with van der Waals surface area (Å²) in [7, 11) is 0. The highest BCUT2D eigenvalue weighted by atomic mass is 16.2. The SMILES string of the molecule is CC(=O)c1ccn(C(=O)N2CCN(Cc3ccc(C)cc3-c3nnn[nH]3)CC2)n1. The van der Waals surface area contributed by atoms with Crippen molar-refractivity contribution in [2.45, 2.75) is 20.4 Å². The molecule has 1 aliphatic heterocycles. The van der Waals surface area contributed by atoms with Gasteiger partial charge in [-0.15, -0.1) is 5.10 Å². The van der Waals surface area contributed by atoms with Crippen LogP contribution in [0.2, 0.25) is 0 Å². The number of aryl methyl sites for hydroxylation is 1. The van der Waals surface area contributed by atoms with Gasteiger partial charge in [-0.05, 0) is 35.0 Å². The maximum Gasteiger partial charge on any atom is 0.344 e. The van der Waals surface area contributed by atoms with E-state index in [1.165, 1.54) is 17.8 Å². The Balaban J connectivity index is 1.40. The van der Waals surface area contributed by atoms with Crippen molar-refractivity contribution < 1.29 is 9.59 Å². The van der Waals surface area contributed by atoms with E-state index in [9.17, 15) is 9.59 Å². The molecule has 0 bridgehead atoms. The number of amides is 1. The van der Waals surface area contributed by atoms with E-state index in [4.69, 9.17) is 0 Å². The largest absolute Gasteiger partial charge is 0.344 e. The number of carbonyl (C=O) groups is 2. The van der Waals surface area contributed by atoms with Crippen molar-refractivity contribution in [1.29, 1.82) is 0 Å². The Kier molecular flexibility index (Phi) is 5.17. The van der Waals surface area contributed by atoms with Crippen LogP contribution in [0.15, 0.2) is 30.5 Å². The number of hydrogen-bond donors (Lipinski definition) is 1. The number of aromatic amines is 1. The number of rotatable bonds is 4. The average molecular weight is 394 g/mol. The summed E-state index contributed by atoms with van der Waals surface area (Å²) in [4.78, 5) is 28.1. The zero-order chi connectivity index (χ0) is 20.4. The van der Waals surface area contributed by atoms with E-state index < -0.39 is 0 Å². The molecule has 1 N–H and O–H groups in total. The van der Waals surface area contributed by atoms with Crippen LogP contribution >= 0.6 is 0 Å². The van der Waals surface area contributed by atoms with Crippen molar-refractivity contribution in [3.8, 4) is 11.4 Å². The second kappa shape index (κ2) is 7.92. The molecule has 2 aromatic heterocycles. The standard InChI is InChI=1S/C19H22N8O2/c1-13-3-4-15(16(11-13)18-20-23-24-21-18)12-25-7-9-26(10-8-25)19(29)27-6-5-17(22-27)14(2)28/h3-6,11H,7-10,12H2,1-2H3,(H,20,21,23,24). The molecule has 0 unspecified atom stereocenters. The number of Topliss-reactive ketones (excluding diaryl/α,β-unsaturated/α-hetero) is 1. The van der Waals surface area contributed by atoms with Crippen molar-refractivity contribution in [1.82, 2.24) is 40.2 Å². The molecule has 29 heavy (non-hydrogen) atoms. The number of tetrazole rings is 1. The first-order valence-corrected chi connectivity index (χ1v) is 9.43. The third-order valence-corrected chi connectivity index (χ3v) is 5.05. The van der Waals surface area contributed by atoms with Crippen molar-refractivity contribution >= 4 is 11.8 Å². The number of ketones is 1. The number of H-pyrrole nitrogens is 1. The van der Waals surface area contributed by atoms with Gasteiger partial charge in [0, 0.05) is 51.4 Å². The molecule has 0 atom stereocenters. The van der Waals surface area contributed by atoms with Gasteiger partial charge in [-0.2, -0.15) is 9.78 Å². The maximum atomic E-state index is 12.6. The van der Waals surface area contributed by atoms with Crippen LogP contribution in [0.3, 0.4) is 0 Å². The fourth-order valence-corrected chi connectivity index (χ4v) is 3.42. The Morgan fingerprint density at radius 3 is 2.59 bits per heavy atom. The molecule has 4 rings (SSSR count). The van der Waals surface area contributed by atoms with Crippen molar-refractivity contribution in [3.05, 3.63) is 47.3 Å². The van der Waals surface area contributed by atoms with Crippen LogP contribution in [0.5, 0.6) is 0 Å². The van der Waals surface area contributed by atoms with E-state index in [0.29, 0.717) is 24.6 Å². The van der Waals surface area contributed by atoms with E-state index in [0.717, 1.165) is 36.3 Å². The molecular formula is C19H22N8O2. The maximum absolute atomic E-state index is 12.6. The predicted molar refractivity (Wildman–Crippen MR) is 104 cm³/mol. The van der Waals surface area contributed by atoms with Gasteiger partial charge in [0.1, 0.15) is 5.69 Å². The minimum Gasteiger partial charge on any atom is -0.320 e. The van der Waals surface area contributed by atoms with Gasteiger partial charge in [-0.25, -0.2) is 9.89 Å². The van der Waals surface area contributed by atoms with Crippen LogP contribution in [-0.4, -0.2) is 78.2 Å². The lowest BCUT2D eigenvalue weighted by molar-refractivity contribution is 0.101. The van der Waals surface area contributed by atoms with Crippen molar-refractivity contribution in [2.75, 3.05) is 26.2 Å². The molecule has 1 aliphatic rings. The Hall–Kier alpha value is -3.40. The van der Waals surface area contributed by atoms with Crippen LogP contribution in [0.25, 0.3) is 11.4 Å². The van der Waals surface area contributed by atoms with Crippen LogP contribution in [0.1, 0.15) is 28.5 Å². The molecule has 3 heterocycles. The molecule has 10 heteroatoms. The van der Waals surface area contributed by atoms with Gasteiger partial charge in [0.15, 0.2) is 11.6 Å². The molecule has 1 saturated heterocycles. The first-order valence-electron chi connectivity index (χ1n) is 9.43. The first kappa shape index (κ1) is 18.9. The Bertz CT molecular complexity index is 1020. The number of aromatic nitrogens is 6. The number of carbonyl (C=O) groups excluding carboxylic acids is 2. The number of piperazine rings is 1. The second-order valence-electron chi connectivity index (χ2n) is 7.16. The quantitative estimate of drug-likeness (QED) is 0.665.